The van der Waals surface area contributed by atoms with E-state index in [4.69, 9.17) is 9.47 Å². The van der Waals surface area contributed by atoms with Crippen LogP contribution in [0.25, 0.3) is 0 Å². The third-order valence-electron chi connectivity index (χ3n) is 2.43. The van der Waals surface area contributed by atoms with Gasteiger partial charge in [0.15, 0.2) is 11.5 Å². The first kappa shape index (κ1) is 12.8. The van der Waals surface area contributed by atoms with Gasteiger partial charge in [-0.1, -0.05) is 19.4 Å². The van der Waals surface area contributed by atoms with E-state index in [0.717, 1.165) is 18.4 Å². The summed E-state index contributed by atoms with van der Waals surface area (Å²) in [6.07, 6.45) is 1.62. The molecule has 0 saturated heterocycles. The van der Waals surface area contributed by atoms with Crippen LogP contribution in [0.2, 0.25) is 0 Å². The molecule has 1 atom stereocenters. The lowest BCUT2D eigenvalue weighted by Crippen LogP contribution is -2.00. The normalized spacial score (nSPS) is 12.2. The van der Waals surface area contributed by atoms with E-state index in [-0.39, 0.29) is 0 Å². The van der Waals surface area contributed by atoms with Crippen LogP contribution in [-0.4, -0.2) is 18.8 Å². The molecule has 0 saturated carbocycles. The fourth-order valence-corrected chi connectivity index (χ4v) is 1.39. The summed E-state index contributed by atoms with van der Waals surface area (Å²) in [5.74, 6) is 1.41. The van der Waals surface area contributed by atoms with Crippen LogP contribution in [-0.2, 0) is 0 Å². The van der Waals surface area contributed by atoms with Gasteiger partial charge in [-0.05, 0) is 31.0 Å². The van der Waals surface area contributed by atoms with Gasteiger partial charge < -0.3 is 14.6 Å². The summed E-state index contributed by atoms with van der Waals surface area (Å²) in [6.45, 7) is 4.53. The van der Waals surface area contributed by atoms with E-state index >= 15 is 0 Å². The lowest BCUT2D eigenvalue weighted by atomic mass is 10.1. The average molecular weight is 224 g/mol. The molecular formula is C13H20O3. The van der Waals surface area contributed by atoms with Crippen LogP contribution in [0.15, 0.2) is 18.2 Å². The highest BCUT2D eigenvalue weighted by Crippen LogP contribution is 2.30. The Morgan fingerprint density at radius 3 is 2.62 bits per heavy atom. The molecule has 0 aromatic heterocycles. The highest BCUT2D eigenvalue weighted by Gasteiger charge is 2.08. The Bertz CT molecular complexity index is 321. The summed E-state index contributed by atoms with van der Waals surface area (Å²) < 4.78 is 10.8. The van der Waals surface area contributed by atoms with Gasteiger partial charge in [0.05, 0.1) is 19.8 Å². The summed E-state index contributed by atoms with van der Waals surface area (Å²) in [4.78, 5) is 0. The molecule has 90 valence electrons. The van der Waals surface area contributed by atoms with Crippen LogP contribution in [0.3, 0.4) is 0 Å². The minimum Gasteiger partial charge on any atom is -0.493 e. The van der Waals surface area contributed by atoms with Crippen LogP contribution >= 0.6 is 0 Å². The van der Waals surface area contributed by atoms with Gasteiger partial charge in [-0.3, -0.25) is 0 Å². The monoisotopic (exact) mass is 224 g/mol. The van der Waals surface area contributed by atoms with Crippen molar-refractivity contribution >= 4 is 0 Å². The Kier molecular flexibility index (Phi) is 5.12. The Labute approximate surface area is 97.0 Å². The van der Waals surface area contributed by atoms with E-state index in [1.807, 2.05) is 18.2 Å². The molecule has 0 unspecified atom stereocenters. The molecule has 0 aliphatic heterocycles. The fourth-order valence-electron chi connectivity index (χ4n) is 1.39. The number of hydrogen-bond acceptors (Lipinski definition) is 3. The molecular weight excluding hydrogens is 204 g/mol. The molecule has 1 rings (SSSR count). The fraction of sp³-hybridized carbons (Fsp3) is 0.538. The molecule has 1 aromatic carbocycles. The molecule has 0 radical (unpaired) electrons. The smallest absolute Gasteiger partial charge is 0.161 e. The Morgan fingerprint density at radius 2 is 2.06 bits per heavy atom. The summed E-state index contributed by atoms with van der Waals surface area (Å²) >= 11 is 0. The summed E-state index contributed by atoms with van der Waals surface area (Å²) in [7, 11) is 1.62. The first-order chi connectivity index (χ1) is 7.69. The van der Waals surface area contributed by atoms with Gasteiger partial charge in [-0.15, -0.1) is 0 Å². The average Bonchev–Trinajstić information content (AvgIpc) is 2.29. The van der Waals surface area contributed by atoms with Crippen LogP contribution in [0.1, 0.15) is 38.4 Å². The van der Waals surface area contributed by atoms with E-state index in [9.17, 15) is 5.11 Å². The molecule has 3 nitrogen and oxygen atoms in total. The van der Waals surface area contributed by atoms with Crippen LogP contribution in [0.5, 0.6) is 11.5 Å². The highest BCUT2D eigenvalue weighted by molar-refractivity contribution is 5.43. The first-order valence-corrected chi connectivity index (χ1v) is 5.67. The zero-order chi connectivity index (χ0) is 12.0. The second-order valence-electron chi connectivity index (χ2n) is 3.79. The predicted octanol–water partition coefficient (Wildman–Crippen LogP) is 2.93. The maximum Gasteiger partial charge on any atom is 0.161 e. The third kappa shape index (κ3) is 3.42. The van der Waals surface area contributed by atoms with Crippen LogP contribution < -0.4 is 9.47 Å². The molecule has 0 spiro atoms. The van der Waals surface area contributed by atoms with Crippen molar-refractivity contribution in [3.05, 3.63) is 23.8 Å². The Balaban J connectivity index is 2.80. The van der Waals surface area contributed by atoms with Gasteiger partial charge in [0.2, 0.25) is 0 Å². The number of ether oxygens (including phenoxy) is 2. The number of methoxy groups -OCH3 is 1. The Hall–Kier alpha value is -1.22. The minimum absolute atomic E-state index is 0.487. The quantitative estimate of drug-likeness (QED) is 0.755. The largest absolute Gasteiger partial charge is 0.493 e. The lowest BCUT2D eigenvalue weighted by Gasteiger charge is -2.13. The zero-order valence-electron chi connectivity index (χ0n) is 10.2. The molecule has 0 fully saturated rings. The number of benzene rings is 1. The van der Waals surface area contributed by atoms with E-state index in [1.54, 1.807) is 14.0 Å². The van der Waals surface area contributed by atoms with Crippen LogP contribution in [0, 0.1) is 0 Å². The third-order valence-corrected chi connectivity index (χ3v) is 2.43. The van der Waals surface area contributed by atoms with Crippen molar-refractivity contribution < 1.29 is 14.6 Å². The van der Waals surface area contributed by atoms with Gasteiger partial charge in [0.1, 0.15) is 0 Å². The molecule has 1 aromatic rings. The Morgan fingerprint density at radius 1 is 1.31 bits per heavy atom. The lowest BCUT2D eigenvalue weighted by molar-refractivity contribution is 0.198. The van der Waals surface area contributed by atoms with Crippen molar-refractivity contribution in [3.63, 3.8) is 0 Å². The van der Waals surface area contributed by atoms with Crippen molar-refractivity contribution in [3.8, 4) is 11.5 Å². The number of aliphatic hydroxyl groups excluding tert-OH is 1. The van der Waals surface area contributed by atoms with Gasteiger partial charge >= 0.3 is 0 Å². The topological polar surface area (TPSA) is 38.7 Å². The molecule has 0 bridgehead atoms. The molecule has 3 heteroatoms. The van der Waals surface area contributed by atoms with Crippen LogP contribution in [0.4, 0.5) is 0 Å². The van der Waals surface area contributed by atoms with Crippen molar-refractivity contribution in [2.24, 2.45) is 0 Å². The van der Waals surface area contributed by atoms with Crippen molar-refractivity contribution in [2.75, 3.05) is 13.7 Å². The standard InChI is InChI=1S/C13H20O3/c1-4-5-8-16-13-9-11(10(2)14)6-7-12(13)15-3/h6-7,9-10,14H,4-5,8H2,1-3H3/t10-/m1/s1. The number of aliphatic hydroxyl groups is 1. The van der Waals surface area contributed by atoms with Gasteiger partial charge in [0, 0.05) is 0 Å². The van der Waals surface area contributed by atoms with Gasteiger partial charge in [-0.25, -0.2) is 0 Å². The van der Waals surface area contributed by atoms with E-state index in [1.165, 1.54) is 0 Å². The van der Waals surface area contributed by atoms with Crippen molar-refractivity contribution in [2.45, 2.75) is 32.8 Å². The highest BCUT2D eigenvalue weighted by atomic mass is 16.5. The second kappa shape index (κ2) is 6.38. The molecule has 0 heterocycles. The molecule has 0 aliphatic rings. The second-order valence-corrected chi connectivity index (χ2v) is 3.79. The molecule has 1 N–H and O–H groups in total. The summed E-state index contributed by atoms with van der Waals surface area (Å²) in [6, 6.07) is 5.50. The van der Waals surface area contributed by atoms with Gasteiger partial charge in [-0.2, -0.15) is 0 Å². The molecule has 0 amide bonds. The first-order valence-electron chi connectivity index (χ1n) is 5.67. The summed E-state index contributed by atoms with van der Waals surface area (Å²) in [5, 5.41) is 9.49. The zero-order valence-corrected chi connectivity index (χ0v) is 10.2. The van der Waals surface area contributed by atoms with E-state index < -0.39 is 6.10 Å². The minimum atomic E-state index is -0.487. The number of unbranched alkanes of at least 4 members (excludes halogenated alkanes) is 1. The summed E-state index contributed by atoms with van der Waals surface area (Å²) in [5.41, 5.74) is 0.840. The van der Waals surface area contributed by atoms with E-state index in [0.29, 0.717) is 18.1 Å². The van der Waals surface area contributed by atoms with Crippen molar-refractivity contribution in [1.82, 2.24) is 0 Å². The maximum atomic E-state index is 9.49. The molecule has 0 aliphatic carbocycles. The molecule has 16 heavy (non-hydrogen) atoms. The van der Waals surface area contributed by atoms with E-state index in [2.05, 4.69) is 6.92 Å². The maximum absolute atomic E-state index is 9.49. The predicted molar refractivity (Wildman–Crippen MR) is 64.0 cm³/mol. The number of rotatable bonds is 6. The SMILES string of the molecule is CCCCOc1cc([C@@H](C)O)ccc1OC. The van der Waals surface area contributed by atoms with Gasteiger partial charge in [0.25, 0.3) is 0 Å². The number of hydrogen-bond donors (Lipinski definition) is 1. The van der Waals surface area contributed by atoms with Crippen molar-refractivity contribution in [1.29, 1.82) is 0 Å².